The molecule has 4 nitrogen and oxygen atoms in total. The van der Waals surface area contributed by atoms with Gasteiger partial charge in [-0.2, -0.15) is 0 Å². The average molecular weight is 331 g/mol. The third kappa shape index (κ3) is 4.50. The zero-order valence-corrected chi connectivity index (χ0v) is 14.7. The van der Waals surface area contributed by atoms with Crippen LogP contribution in [0.3, 0.4) is 0 Å². The molecule has 1 aromatic rings. The summed E-state index contributed by atoms with van der Waals surface area (Å²) in [6.45, 7) is 2.65. The number of likely N-dealkylation sites (tertiary alicyclic amines) is 1. The third-order valence-corrected chi connectivity index (χ3v) is 5.37. The fraction of sp³-hybridized carbons (Fsp3) is 0.650. The molecule has 1 amide bonds. The quantitative estimate of drug-likeness (QED) is 0.801. The average Bonchev–Trinajstić information content (AvgIpc) is 3.14. The molecule has 0 aliphatic carbocycles. The first-order valence-electron chi connectivity index (χ1n) is 9.27. The summed E-state index contributed by atoms with van der Waals surface area (Å²) >= 11 is 0. The highest BCUT2D eigenvalue weighted by molar-refractivity contribution is 5.76. The maximum absolute atomic E-state index is 12.4. The molecule has 2 aliphatic heterocycles. The monoisotopic (exact) mass is 331 g/mol. The topological polar surface area (TPSA) is 38.8 Å². The van der Waals surface area contributed by atoms with Gasteiger partial charge in [0.1, 0.15) is 5.75 Å². The van der Waals surface area contributed by atoms with Crippen molar-refractivity contribution in [3.8, 4) is 5.75 Å². The first kappa shape index (κ1) is 17.3. The van der Waals surface area contributed by atoms with Gasteiger partial charge in [0.2, 0.25) is 5.91 Å². The number of nitrogens with zero attached hydrogens (tertiary/aromatic N) is 1. The summed E-state index contributed by atoms with van der Waals surface area (Å²) in [5.74, 6) is 1.93. The van der Waals surface area contributed by atoms with E-state index in [1.54, 1.807) is 7.11 Å². The van der Waals surface area contributed by atoms with Crippen molar-refractivity contribution in [2.75, 3.05) is 26.8 Å². The van der Waals surface area contributed by atoms with Crippen molar-refractivity contribution >= 4 is 5.91 Å². The second-order valence-electron chi connectivity index (χ2n) is 7.01. The van der Waals surface area contributed by atoms with Crippen LogP contribution in [0.4, 0.5) is 0 Å². The predicted molar refractivity (Wildman–Crippen MR) is 94.2 cm³/mol. The second-order valence-corrected chi connectivity index (χ2v) is 7.01. The zero-order valence-electron chi connectivity index (χ0n) is 14.7. The lowest BCUT2D eigenvalue weighted by atomic mass is 9.89. The van der Waals surface area contributed by atoms with Gasteiger partial charge in [-0.25, -0.2) is 0 Å². The number of methoxy groups -OCH3 is 1. The number of carbonyl (C=O) groups excluding carboxylic acids is 1. The Kier molecular flexibility index (Phi) is 6.13. The number of hydrogen-bond acceptors (Lipinski definition) is 3. The van der Waals surface area contributed by atoms with E-state index in [0.717, 1.165) is 64.0 Å². The number of carbonyl (C=O) groups is 1. The molecular formula is C20H29NO3. The minimum absolute atomic E-state index is 0.307. The zero-order chi connectivity index (χ0) is 16.8. The Balaban J connectivity index is 1.42. The summed E-state index contributed by atoms with van der Waals surface area (Å²) < 4.78 is 11.1. The van der Waals surface area contributed by atoms with E-state index in [4.69, 9.17) is 9.47 Å². The van der Waals surface area contributed by atoms with Gasteiger partial charge < -0.3 is 14.4 Å². The van der Waals surface area contributed by atoms with Crippen LogP contribution in [-0.4, -0.2) is 43.7 Å². The Morgan fingerprint density at radius 1 is 1.25 bits per heavy atom. The number of piperidine rings is 1. The van der Waals surface area contributed by atoms with Crippen molar-refractivity contribution in [3.05, 3.63) is 29.8 Å². The molecular weight excluding hydrogens is 302 g/mol. The molecule has 1 atom stereocenters. The summed E-state index contributed by atoms with van der Waals surface area (Å²) in [6.07, 6.45) is 7.33. The maximum Gasteiger partial charge on any atom is 0.222 e. The van der Waals surface area contributed by atoms with Crippen LogP contribution < -0.4 is 4.74 Å². The highest BCUT2D eigenvalue weighted by Crippen LogP contribution is 2.27. The number of benzene rings is 1. The van der Waals surface area contributed by atoms with E-state index in [9.17, 15) is 4.79 Å². The molecule has 1 aromatic carbocycles. The van der Waals surface area contributed by atoms with Gasteiger partial charge in [-0.15, -0.1) is 0 Å². The summed E-state index contributed by atoms with van der Waals surface area (Å²) in [5, 5.41) is 0. The smallest absolute Gasteiger partial charge is 0.222 e. The van der Waals surface area contributed by atoms with E-state index in [1.807, 2.05) is 17.0 Å². The molecule has 24 heavy (non-hydrogen) atoms. The molecule has 0 N–H and O–H groups in total. The molecule has 4 heteroatoms. The largest absolute Gasteiger partial charge is 0.496 e. The Morgan fingerprint density at radius 2 is 2.04 bits per heavy atom. The highest BCUT2D eigenvalue weighted by Gasteiger charge is 2.24. The van der Waals surface area contributed by atoms with Gasteiger partial charge in [-0.1, -0.05) is 18.2 Å². The standard InChI is InChI=1S/C20H29NO3/c1-23-19-7-3-2-5-17(19)15-16-10-12-21(13-11-16)20(22)9-8-18-6-4-14-24-18/h2-3,5,7,16,18H,4,6,8-15H2,1H3/t18-/m0/s1. The number of para-hydroxylation sites is 1. The van der Waals surface area contributed by atoms with Crippen molar-refractivity contribution in [3.63, 3.8) is 0 Å². The van der Waals surface area contributed by atoms with Crippen LogP contribution in [0.5, 0.6) is 5.75 Å². The minimum atomic E-state index is 0.307. The number of ether oxygens (including phenoxy) is 2. The third-order valence-electron chi connectivity index (χ3n) is 5.37. The highest BCUT2D eigenvalue weighted by atomic mass is 16.5. The van der Waals surface area contributed by atoms with Gasteiger partial charge in [-0.05, 0) is 56.1 Å². The van der Waals surface area contributed by atoms with Gasteiger partial charge in [0, 0.05) is 26.1 Å². The number of hydrogen-bond donors (Lipinski definition) is 0. The van der Waals surface area contributed by atoms with Crippen molar-refractivity contribution in [1.82, 2.24) is 4.90 Å². The van der Waals surface area contributed by atoms with E-state index in [-0.39, 0.29) is 0 Å². The molecule has 0 saturated carbocycles. The molecule has 3 rings (SSSR count). The van der Waals surface area contributed by atoms with E-state index < -0.39 is 0 Å². The number of amides is 1. The van der Waals surface area contributed by atoms with E-state index in [1.165, 1.54) is 5.56 Å². The Bertz CT molecular complexity index is 531. The van der Waals surface area contributed by atoms with Crippen LogP contribution in [0, 0.1) is 5.92 Å². The normalized spacial score (nSPS) is 21.9. The van der Waals surface area contributed by atoms with E-state index in [2.05, 4.69) is 12.1 Å². The first-order chi connectivity index (χ1) is 11.8. The molecule has 2 fully saturated rings. The van der Waals surface area contributed by atoms with Crippen molar-refractivity contribution in [1.29, 1.82) is 0 Å². The molecule has 132 valence electrons. The van der Waals surface area contributed by atoms with Crippen molar-refractivity contribution < 1.29 is 14.3 Å². The lowest BCUT2D eigenvalue weighted by molar-refractivity contribution is -0.133. The molecule has 0 aromatic heterocycles. The lowest BCUT2D eigenvalue weighted by Gasteiger charge is -2.32. The van der Waals surface area contributed by atoms with E-state index in [0.29, 0.717) is 24.3 Å². The first-order valence-corrected chi connectivity index (χ1v) is 9.27. The minimum Gasteiger partial charge on any atom is -0.496 e. The second kappa shape index (κ2) is 8.52. The predicted octanol–water partition coefficient (Wildman–Crippen LogP) is 3.44. The van der Waals surface area contributed by atoms with Gasteiger partial charge >= 0.3 is 0 Å². The van der Waals surface area contributed by atoms with Crippen LogP contribution in [0.25, 0.3) is 0 Å². The van der Waals surface area contributed by atoms with Crippen LogP contribution >= 0.6 is 0 Å². The Labute approximate surface area is 145 Å². The lowest BCUT2D eigenvalue weighted by Crippen LogP contribution is -2.39. The Hall–Kier alpha value is -1.55. The van der Waals surface area contributed by atoms with Gasteiger partial charge in [0.25, 0.3) is 0 Å². The van der Waals surface area contributed by atoms with Crippen LogP contribution in [0.2, 0.25) is 0 Å². The molecule has 0 radical (unpaired) electrons. The van der Waals surface area contributed by atoms with Gasteiger partial charge in [-0.3, -0.25) is 4.79 Å². The SMILES string of the molecule is COc1ccccc1CC1CCN(C(=O)CC[C@@H]2CCCO2)CC1. The summed E-state index contributed by atoms with van der Waals surface area (Å²) in [6, 6.07) is 8.26. The fourth-order valence-corrected chi connectivity index (χ4v) is 3.88. The van der Waals surface area contributed by atoms with Gasteiger partial charge in [0.05, 0.1) is 13.2 Å². The summed E-state index contributed by atoms with van der Waals surface area (Å²) in [5.41, 5.74) is 1.28. The van der Waals surface area contributed by atoms with Gasteiger partial charge in [0.15, 0.2) is 0 Å². The van der Waals surface area contributed by atoms with Crippen LogP contribution in [0.1, 0.15) is 44.1 Å². The maximum atomic E-state index is 12.4. The molecule has 0 bridgehead atoms. The molecule has 2 aliphatic rings. The molecule has 0 unspecified atom stereocenters. The molecule has 2 heterocycles. The number of rotatable bonds is 6. The summed E-state index contributed by atoms with van der Waals surface area (Å²) in [7, 11) is 1.73. The molecule has 0 spiro atoms. The van der Waals surface area contributed by atoms with E-state index >= 15 is 0 Å². The summed E-state index contributed by atoms with van der Waals surface area (Å²) in [4.78, 5) is 14.4. The molecule has 2 saturated heterocycles. The van der Waals surface area contributed by atoms with Crippen molar-refractivity contribution in [2.24, 2.45) is 5.92 Å². The fourth-order valence-electron chi connectivity index (χ4n) is 3.88. The Morgan fingerprint density at radius 3 is 2.75 bits per heavy atom. The van der Waals surface area contributed by atoms with Crippen LogP contribution in [-0.2, 0) is 16.0 Å². The van der Waals surface area contributed by atoms with Crippen molar-refractivity contribution in [2.45, 2.75) is 51.0 Å². The van der Waals surface area contributed by atoms with Crippen LogP contribution in [0.15, 0.2) is 24.3 Å².